The molecule has 0 bridgehead atoms. The molecule has 2 aliphatic rings. The summed E-state index contributed by atoms with van der Waals surface area (Å²) in [6, 6.07) is 16.5. The quantitative estimate of drug-likeness (QED) is 0.685. The number of para-hydroxylation sites is 1. The van der Waals surface area contributed by atoms with Crippen LogP contribution in [0.15, 0.2) is 48.5 Å². The summed E-state index contributed by atoms with van der Waals surface area (Å²) in [6.45, 7) is 2.92. The number of fused-ring (bicyclic) bond motifs is 1. The average Bonchev–Trinajstić information content (AvgIpc) is 3.35. The van der Waals surface area contributed by atoms with Crippen LogP contribution in [-0.2, 0) is 11.2 Å². The summed E-state index contributed by atoms with van der Waals surface area (Å²) in [7, 11) is 0. The van der Waals surface area contributed by atoms with E-state index in [9.17, 15) is 4.79 Å². The number of anilines is 3. The predicted molar refractivity (Wildman–Crippen MR) is 111 cm³/mol. The van der Waals surface area contributed by atoms with Gasteiger partial charge in [-0.1, -0.05) is 24.3 Å². The second kappa shape index (κ2) is 6.50. The van der Waals surface area contributed by atoms with E-state index in [1.165, 1.54) is 10.4 Å². The third kappa shape index (κ3) is 3.12. The molecule has 0 saturated heterocycles. The first-order chi connectivity index (χ1) is 13.2. The van der Waals surface area contributed by atoms with Crippen molar-refractivity contribution in [3.8, 4) is 11.3 Å². The molecule has 1 amide bonds. The standard InChI is InChI=1S/C22H21N3OS/c1-14-20(24-22(27-14)23-18-5-3-2-4-6-18)17-9-10-19-16(13-17)11-12-25(19)21(26)15-7-8-15/h2-6,9-10,13,15H,7-8,11-12H2,1H3,(H,23,24). The molecule has 1 saturated carbocycles. The van der Waals surface area contributed by atoms with Crippen LogP contribution in [0.1, 0.15) is 23.3 Å². The van der Waals surface area contributed by atoms with Crippen LogP contribution in [0.3, 0.4) is 0 Å². The molecule has 27 heavy (non-hydrogen) atoms. The monoisotopic (exact) mass is 375 g/mol. The number of hydrogen-bond donors (Lipinski definition) is 1. The van der Waals surface area contributed by atoms with Crippen molar-refractivity contribution in [3.63, 3.8) is 0 Å². The van der Waals surface area contributed by atoms with Gasteiger partial charge in [0.15, 0.2) is 5.13 Å². The molecule has 1 aromatic heterocycles. The minimum atomic E-state index is 0.267. The molecule has 1 fully saturated rings. The van der Waals surface area contributed by atoms with Crippen LogP contribution in [0.5, 0.6) is 0 Å². The van der Waals surface area contributed by atoms with Gasteiger partial charge in [-0.25, -0.2) is 4.98 Å². The number of benzene rings is 2. The second-order valence-corrected chi connectivity index (χ2v) is 8.48. The summed E-state index contributed by atoms with van der Waals surface area (Å²) >= 11 is 1.67. The van der Waals surface area contributed by atoms with Crippen LogP contribution >= 0.6 is 11.3 Å². The van der Waals surface area contributed by atoms with E-state index in [0.29, 0.717) is 5.91 Å². The molecule has 0 atom stereocenters. The number of amides is 1. The van der Waals surface area contributed by atoms with Gasteiger partial charge < -0.3 is 10.2 Å². The van der Waals surface area contributed by atoms with E-state index < -0.39 is 0 Å². The fraction of sp³-hybridized carbons (Fsp3) is 0.273. The highest BCUT2D eigenvalue weighted by Gasteiger charge is 2.36. The lowest BCUT2D eigenvalue weighted by Gasteiger charge is -2.17. The SMILES string of the molecule is Cc1sc(Nc2ccccc2)nc1-c1ccc2c(c1)CCN2C(=O)C1CC1. The molecule has 2 aromatic carbocycles. The molecule has 0 unspecified atom stereocenters. The highest BCUT2D eigenvalue weighted by Crippen LogP contribution is 2.39. The summed E-state index contributed by atoms with van der Waals surface area (Å²) in [4.78, 5) is 20.5. The van der Waals surface area contributed by atoms with Crippen molar-refractivity contribution in [3.05, 3.63) is 59.0 Å². The lowest BCUT2D eigenvalue weighted by atomic mass is 10.1. The summed E-state index contributed by atoms with van der Waals surface area (Å²) < 4.78 is 0. The number of carbonyl (C=O) groups is 1. The van der Waals surface area contributed by atoms with E-state index in [4.69, 9.17) is 4.98 Å². The van der Waals surface area contributed by atoms with Crippen molar-refractivity contribution >= 4 is 33.8 Å². The highest BCUT2D eigenvalue weighted by molar-refractivity contribution is 7.16. The van der Waals surface area contributed by atoms with Crippen molar-refractivity contribution < 1.29 is 4.79 Å². The van der Waals surface area contributed by atoms with E-state index >= 15 is 0 Å². The van der Waals surface area contributed by atoms with E-state index in [-0.39, 0.29) is 5.92 Å². The van der Waals surface area contributed by atoms with Gasteiger partial charge in [0.05, 0.1) is 5.69 Å². The van der Waals surface area contributed by atoms with Gasteiger partial charge in [0.1, 0.15) is 0 Å². The number of nitrogens with one attached hydrogen (secondary N) is 1. The van der Waals surface area contributed by atoms with E-state index in [1.54, 1.807) is 11.3 Å². The topological polar surface area (TPSA) is 45.2 Å². The first kappa shape index (κ1) is 16.5. The number of aryl methyl sites for hydroxylation is 1. The zero-order chi connectivity index (χ0) is 18.4. The number of rotatable bonds is 4. The Bertz CT molecular complexity index is 1010. The van der Waals surface area contributed by atoms with Crippen molar-refractivity contribution in [1.29, 1.82) is 0 Å². The maximum atomic E-state index is 12.5. The lowest BCUT2D eigenvalue weighted by molar-refractivity contribution is -0.119. The molecule has 5 heteroatoms. The molecule has 0 spiro atoms. The van der Waals surface area contributed by atoms with Crippen LogP contribution in [0.2, 0.25) is 0 Å². The molecular formula is C22H21N3OS. The van der Waals surface area contributed by atoms with Crippen LogP contribution < -0.4 is 10.2 Å². The molecule has 2 heterocycles. The molecule has 0 radical (unpaired) electrons. The minimum Gasteiger partial charge on any atom is -0.332 e. The Morgan fingerprint density at radius 1 is 1.19 bits per heavy atom. The Kier molecular flexibility index (Phi) is 3.97. The summed E-state index contributed by atoms with van der Waals surface area (Å²) in [5.74, 6) is 0.573. The van der Waals surface area contributed by atoms with Crippen molar-refractivity contribution in [2.24, 2.45) is 5.92 Å². The molecular weight excluding hydrogens is 354 g/mol. The zero-order valence-electron chi connectivity index (χ0n) is 15.2. The smallest absolute Gasteiger partial charge is 0.230 e. The third-order valence-corrected chi connectivity index (χ3v) is 6.15. The molecule has 3 aromatic rings. The Hall–Kier alpha value is -2.66. The van der Waals surface area contributed by atoms with Gasteiger partial charge in [-0.2, -0.15) is 0 Å². The highest BCUT2D eigenvalue weighted by atomic mass is 32.1. The number of nitrogens with zero attached hydrogens (tertiary/aromatic N) is 2. The average molecular weight is 375 g/mol. The van der Waals surface area contributed by atoms with E-state index in [2.05, 4.69) is 30.4 Å². The summed E-state index contributed by atoms with van der Waals surface area (Å²) in [5, 5.41) is 4.29. The Morgan fingerprint density at radius 2 is 2.00 bits per heavy atom. The molecule has 4 nitrogen and oxygen atoms in total. The molecule has 136 valence electrons. The summed E-state index contributed by atoms with van der Waals surface area (Å²) in [6.07, 6.45) is 3.04. The van der Waals surface area contributed by atoms with Gasteiger partial charge in [-0.3, -0.25) is 4.79 Å². The van der Waals surface area contributed by atoms with Crippen LogP contribution in [0.4, 0.5) is 16.5 Å². The summed E-state index contributed by atoms with van der Waals surface area (Å²) in [5.41, 5.74) is 5.54. The Labute approximate surface area is 162 Å². The van der Waals surface area contributed by atoms with Gasteiger partial charge in [0.25, 0.3) is 0 Å². The number of hydrogen-bond acceptors (Lipinski definition) is 4. The Morgan fingerprint density at radius 3 is 2.78 bits per heavy atom. The van der Waals surface area contributed by atoms with Gasteiger partial charge in [-0.15, -0.1) is 11.3 Å². The number of aromatic nitrogens is 1. The lowest BCUT2D eigenvalue weighted by Crippen LogP contribution is -2.30. The molecule has 5 rings (SSSR count). The third-order valence-electron chi connectivity index (χ3n) is 5.26. The second-order valence-electron chi connectivity index (χ2n) is 7.27. The van der Waals surface area contributed by atoms with Gasteiger partial charge in [0.2, 0.25) is 5.91 Å². The maximum Gasteiger partial charge on any atom is 0.230 e. The first-order valence-electron chi connectivity index (χ1n) is 9.43. The van der Waals surface area contributed by atoms with Gasteiger partial charge in [0, 0.05) is 34.3 Å². The normalized spacial score (nSPS) is 15.7. The minimum absolute atomic E-state index is 0.267. The maximum absolute atomic E-state index is 12.5. The van der Waals surface area contributed by atoms with Crippen LogP contribution in [-0.4, -0.2) is 17.4 Å². The van der Waals surface area contributed by atoms with Crippen LogP contribution in [0, 0.1) is 12.8 Å². The van der Waals surface area contributed by atoms with Gasteiger partial charge in [-0.05, 0) is 56.0 Å². The fourth-order valence-electron chi connectivity index (χ4n) is 3.69. The molecule has 1 aliphatic carbocycles. The van der Waals surface area contributed by atoms with Crippen molar-refractivity contribution in [2.45, 2.75) is 26.2 Å². The number of thiazole rings is 1. The van der Waals surface area contributed by atoms with E-state index in [0.717, 1.165) is 53.6 Å². The largest absolute Gasteiger partial charge is 0.332 e. The van der Waals surface area contributed by atoms with Crippen LogP contribution in [0.25, 0.3) is 11.3 Å². The Balaban J connectivity index is 1.42. The van der Waals surface area contributed by atoms with Crippen molar-refractivity contribution in [2.75, 3.05) is 16.8 Å². The molecule has 1 N–H and O–H groups in total. The molecule has 1 aliphatic heterocycles. The fourth-order valence-corrected chi connectivity index (χ4v) is 4.55. The zero-order valence-corrected chi connectivity index (χ0v) is 16.1. The van der Waals surface area contributed by atoms with Crippen molar-refractivity contribution in [1.82, 2.24) is 4.98 Å². The van der Waals surface area contributed by atoms with Gasteiger partial charge >= 0.3 is 0 Å². The predicted octanol–water partition coefficient (Wildman–Crippen LogP) is 5.16. The number of carbonyl (C=O) groups excluding carboxylic acids is 1. The first-order valence-corrected chi connectivity index (χ1v) is 10.2. The van der Waals surface area contributed by atoms with E-state index in [1.807, 2.05) is 35.2 Å².